The molecule has 1 aromatic rings. The first-order valence-corrected chi connectivity index (χ1v) is 7.84. The number of β-amino-alcohol motifs (C(OH)–C–C–N with tert-alkyl or cyclic N) is 1. The molecule has 0 bridgehead atoms. The Morgan fingerprint density at radius 2 is 2.09 bits per heavy atom. The van der Waals surface area contributed by atoms with Gasteiger partial charge in [-0.15, -0.1) is 0 Å². The summed E-state index contributed by atoms with van der Waals surface area (Å²) in [7, 11) is 0. The van der Waals surface area contributed by atoms with Gasteiger partial charge in [-0.05, 0) is 6.92 Å². The summed E-state index contributed by atoms with van der Waals surface area (Å²) in [6.07, 6.45) is -0.936. The van der Waals surface area contributed by atoms with Crippen LogP contribution in [-0.4, -0.2) is 74.4 Å². The topological polar surface area (TPSA) is 110 Å². The molecule has 1 amide bonds. The van der Waals surface area contributed by atoms with Gasteiger partial charge in [-0.1, -0.05) is 11.6 Å². The quantitative estimate of drug-likeness (QED) is 0.706. The van der Waals surface area contributed by atoms with Gasteiger partial charge in [0.2, 0.25) is 5.91 Å². The van der Waals surface area contributed by atoms with Crippen molar-refractivity contribution in [3.05, 3.63) is 16.4 Å². The van der Waals surface area contributed by atoms with Crippen molar-refractivity contribution >= 4 is 23.5 Å². The second kappa shape index (κ2) is 7.76. The first kappa shape index (κ1) is 17.7. The molecular weight excluding hydrogens is 324 g/mol. The Kier molecular flexibility index (Phi) is 5.97. The van der Waals surface area contributed by atoms with Crippen molar-refractivity contribution in [1.82, 2.24) is 20.0 Å². The van der Waals surface area contributed by atoms with Crippen LogP contribution in [0.4, 0.5) is 0 Å². The molecule has 9 heteroatoms. The van der Waals surface area contributed by atoms with E-state index >= 15 is 0 Å². The van der Waals surface area contributed by atoms with E-state index in [1.165, 1.54) is 4.90 Å². The van der Waals surface area contributed by atoms with Crippen LogP contribution in [0.15, 0.2) is 0 Å². The maximum atomic E-state index is 12.0. The zero-order valence-corrected chi connectivity index (χ0v) is 13.7. The third-order valence-corrected chi connectivity index (χ3v) is 4.31. The van der Waals surface area contributed by atoms with Gasteiger partial charge < -0.3 is 15.1 Å². The summed E-state index contributed by atoms with van der Waals surface area (Å²) < 4.78 is 0. The number of rotatable bonds is 5. The lowest BCUT2D eigenvalue weighted by Gasteiger charge is -2.21. The highest BCUT2D eigenvalue weighted by Gasteiger charge is 2.25. The molecule has 3 N–H and O–H groups in total. The molecule has 2 rings (SSSR count). The number of H-pyrrole nitrogens is 1. The molecule has 2 heterocycles. The highest BCUT2D eigenvalue weighted by atomic mass is 35.5. The number of carbonyl (C=O) groups excluding carboxylic acids is 1. The summed E-state index contributed by atoms with van der Waals surface area (Å²) in [6, 6.07) is 0. The van der Waals surface area contributed by atoms with Gasteiger partial charge in [-0.3, -0.25) is 19.6 Å². The minimum Gasteiger partial charge on any atom is -0.481 e. The van der Waals surface area contributed by atoms with Gasteiger partial charge in [0.05, 0.1) is 28.9 Å². The lowest BCUT2D eigenvalue weighted by atomic mass is 10.2. The number of aromatic amines is 1. The number of carboxylic acid groups (broad SMARTS) is 1. The summed E-state index contributed by atoms with van der Waals surface area (Å²) in [6.45, 7) is 3.94. The zero-order chi connectivity index (χ0) is 17.0. The SMILES string of the molecule is Cc1[nH]nc(CN2CCN(C(=O)CCC(=O)O)C[C@@H](O)C2)c1Cl. The van der Waals surface area contributed by atoms with E-state index in [2.05, 4.69) is 10.2 Å². The maximum absolute atomic E-state index is 12.0. The first-order valence-electron chi connectivity index (χ1n) is 7.46. The van der Waals surface area contributed by atoms with Gasteiger partial charge in [0.1, 0.15) is 0 Å². The third-order valence-electron chi connectivity index (χ3n) is 3.81. The molecule has 0 unspecified atom stereocenters. The summed E-state index contributed by atoms with van der Waals surface area (Å²) >= 11 is 6.15. The minimum atomic E-state index is -1.00. The van der Waals surface area contributed by atoms with Gasteiger partial charge in [0.25, 0.3) is 0 Å². The van der Waals surface area contributed by atoms with Gasteiger partial charge in [0, 0.05) is 39.1 Å². The molecule has 0 saturated carbocycles. The highest BCUT2D eigenvalue weighted by molar-refractivity contribution is 6.31. The number of aryl methyl sites for hydroxylation is 1. The van der Waals surface area contributed by atoms with E-state index in [9.17, 15) is 14.7 Å². The van der Waals surface area contributed by atoms with Crippen molar-refractivity contribution in [3.63, 3.8) is 0 Å². The Morgan fingerprint density at radius 1 is 1.35 bits per heavy atom. The molecule has 1 saturated heterocycles. The number of nitrogens with zero attached hydrogens (tertiary/aromatic N) is 3. The average molecular weight is 345 g/mol. The van der Waals surface area contributed by atoms with Crippen LogP contribution in [0.25, 0.3) is 0 Å². The number of aromatic nitrogens is 2. The average Bonchev–Trinajstić information content (AvgIpc) is 2.70. The standard InChI is InChI=1S/C14H21ClN4O4/c1-9-14(15)11(17-16-9)8-18-4-5-19(7-10(20)6-18)12(21)2-3-13(22)23/h10,20H,2-8H2,1H3,(H,16,17)(H,22,23)/t10-/m0/s1. The van der Waals surface area contributed by atoms with E-state index in [1.807, 2.05) is 11.8 Å². The van der Waals surface area contributed by atoms with Crippen LogP contribution in [-0.2, 0) is 16.1 Å². The molecule has 0 spiro atoms. The Hall–Kier alpha value is -1.64. The van der Waals surface area contributed by atoms with E-state index in [0.29, 0.717) is 36.9 Å². The van der Waals surface area contributed by atoms with Crippen molar-refractivity contribution < 1.29 is 19.8 Å². The molecule has 1 aliphatic rings. The number of aliphatic hydroxyl groups excluding tert-OH is 1. The second-order valence-electron chi connectivity index (χ2n) is 5.73. The third kappa shape index (κ3) is 4.92. The lowest BCUT2D eigenvalue weighted by molar-refractivity contribution is -0.141. The first-order chi connectivity index (χ1) is 10.9. The molecule has 0 radical (unpaired) electrons. The molecule has 1 aliphatic heterocycles. The molecule has 0 aromatic carbocycles. The Bertz CT molecular complexity index is 577. The smallest absolute Gasteiger partial charge is 0.303 e. The van der Waals surface area contributed by atoms with Crippen LogP contribution in [0.1, 0.15) is 24.2 Å². The summed E-state index contributed by atoms with van der Waals surface area (Å²) in [4.78, 5) is 26.1. The van der Waals surface area contributed by atoms with Crippen molar-refractivity contribution in [2.45, 2.75) is 32.4 Å². The fourth-order valence-corrected chi connectivity index (χ4v) is 2.72. The largest absolute Gasteiger partial charge is 0.481 e. The van der Waals surface area contributed by atoms with Gasteiger partial charge in [0.15, 0.2) is 0 Å². The number of hydrogen-bond acceptors (Lipinski definition) is 5. The monoisotopic (exact) mass is 344 g/mol. The Balaban J connectivity index is 1.93. The number of halogens is 1. The Labute approximate surface area is 139 Å². The number of hydrogen-bond donors (Lipinski definition) is 3. The van der Waals surface area contributed by atoms with Gasteiger partial charge in [-0.25, -0.2) is 0 Å². The second-order valence-corrected chi connectivity index (χ2v) is 6.11. The van der Waals surface area contributed by atoms with E-state index in [-0.39, 0.29) is 25.3 Å². The van der Waals surface area contributed by atoms with Gasteiger partial charge >= 0.3 is 5.97 Å². The predicted octanol–water partition coefficient (Wildman–Crippen LogP) is 0.241. The van der Waals surface area contributed by atoms with Crippen LogP contribution in [0, 0.1) is 6.92 Å². The molecular formula is C14H21ClN4O4. The van der Waals surface area contributed by atoms with Crippen molar-refractivity contribution in [1.29, 1.82) is 0 Å². The number of aliphatic hydroxyl groups is 1. The number of nitrogens with one attached hydrogen (secondary N) is 1. The molecule has 23 heavy (non-hydrogen) atoms. The minimum absolute atomic E-state index is 0.0492. The number of carboxylic acids is 1. The molecule has 128 valence electrons. The normalized spacial score (nSPS) is 19.6. The number of carbonyl (C=O) groups is 2. The fraction of sp³-hybridized carbons (Fsp3) is 0.643. The highest BCUT2D eigenvalue weighted by Crippen LogP contribution is 2.19. The molecule has 8 nitrogen and oxygen atoms in total. The lowest BCUT2D eigenvalue weighted by Crippen LogP contribution is -2.37. The van der Waals surface area contributed by atoms with Gasteiger partial charge in [-0.2, -0.15) is 5.10 Å². The summed E-state index contributed by atoms with van der Waals surface area (Å²) in [5, 5.41) is 26.3. The van der Waals surface area contributed by atoms with Crippen LogP contribution in [0.2, 0.25) is 5.02 Å². The van der Waals surface area contributed by atoms with E-state index in [1.54, 1.807) is 0 Å². The number of amides is 1. The van der Waals surface area contributed by atoms with E-state index in [4.69, 9.17) is 16.7 Å². The van der Waals surface area contributed by atoms with E-state index in [0.717, 1.165) is 5.69 Å². The molecule has 1 aromatic heterocycles. The Morgan fingerprint density at radius 3 is 2.70 bits per heavy atom. The molecule has 0 aliphatic carbocycles. The van der Waals surface area contributed by atoms with Crippen LogP contribution < -0.4 is 0 Å². The van der Waals surface area contributed by atoms with Crippen LogP contribution >= 0.6 is 11.6 Å². The van der Waals surface area contributed by atoms with E-state index < -0.39 is 12.1 Å². The summed E-state index contributed by atoms with van der Waals surface area (Å²) in [5.74, 6) is -1.25. The zero-order valence-electron chi connectivity index (χ0n) is 13.0. The predicted molar refractivity (Wildman–Crippen MR) is 83.1 cm³/mol. The fourth-order valence-electron chi connectivity index (χ4n) is 2.58. The number of aliphatic carboxylic acids is 1. The summed E-state index contributed by atoms with van der Waals surface area (Å²) in [5.41, 5.74) is 1.50. The molecule has 1 atom stereocenters. The maximum Gasteiger partial charge on any atom is 0.303 e. The van der Waals surface area contributed by atoms with Crippen molar-refractivity contribution in [2.75, 3.05) is 26.2 Å². The van der Waals surface area contributed by atoms with Crippen LogP contribution in [0.3, 0.4) is 0 Å². The molecule has 1 fully saturated rings. The van der Waals surface area contributed by atoms with Crippen molar-refractivity contribution in [3.8, 4) is 0 Å². The van der Waals surface area contributed by atoms with Crippen LogP contribution in [0.5, 0.6) is 0 Å². The van der Waals surface area contributed by atoms with Crippen molar-refractivity contribution in [2.24, 2.45) is 0 Å².